The van der Waals surface area contributed by atoms with Crippen LogP contribution in [0.3, 0.4) is 0 Å². The highest BCUT2D eigenvalue weighted by molar-refractivity contribution is 8.00. The van der Waals surface area contributed by atoms with Gasteiger partial charge in [0.05, 0.1) is 11.5 Å². The smallest absolute Gasteiger partial charge is 0.316 e. The van der Waals surface area contributed by atoms with Crippen molar-refractivity contribution in [1.82, 2.24) is 0 Å². The van der Waals surface area contributed by atoms with Crippen LogP contribution in [-0.4, -0.2) is 35.9 Å². The van der Waals surface area contributed by atoms with Gasteiger partial charge in [-0.3, -0.25) is 14.4 Å². The van der Waals surface area contributed by atoms with Gasteiger partial charge in [-0.1, -0.05) is 35.9 Å². The van der Waals surface area contributed by atoms with Gasteiger partial charge in [-0.25, -0.2) is 0 Å². The van der Waals surface area contributed by atoms with Crippen molar-refractivity contribution in [2.24, 2.45) is 0 Å². The average molecular weight is 386 g/mol. The summed E-state index contributed by atoms with van der Waals surface area (Å²) in [5, 5.41) is 5.43. The first-order valence-corrected chi connectivity index (χ1v) is 9.55. The fraction of sp³-hybridized carbons (Fsp3) is 0.250. The number of carbonyl (C=O) groups excluding carboxylic acids is 3. The molecule has 27 heavy (non-hydrogen) atoms. The second-order valence-corrected chi connectivity index (χ2v) is 6.92. The van der Waals surface area contributed by atoms with E-state index in [1.54, 1.807) is 24.3 Å². The van der Waals surface area contributed by atoms with Gasteiger partial charge in [0.1, 0.15) is 0 Å². The molecule has 0 unspecified atom stereocenters. The molecule has 2 aromatic carbocycles. The Hall–Kier alpha value is -2.80. The summed E-state index contributed by atoms with van der Waals surface area (Å²) in [4.78, 5) is 35.3. The Morgan fingerprint density at radius 2 is 1.67 bits per heavy atom. The number of carbonyl (C=O) groups is 3. The molecule has 0 radical (unpaired) electrons. The van der Waals surface area contributed by atoms with Crippen LogP contribution < -0.4 is 10.6 Å². The molecule has 2 N–H and O–H groups in total. The zero-order chi connectivity index (χ0) is 19.6. The lowest BCUT2D eigenvalue weighted by Crippen LogP contribution is -2.22. The van der Waals surface area contributed by atoms with Gasteiger partial charge in [0.15, 0.2) is 6.61 Å². The molecule has 0 saturated carbocycles. The Labute approximate surface area is 162 Å². The standard InChI is InChI=1S/C20H22N2O4S/c1-14-8-9-17(15(2)10-14)22-19(24)12-27-13-20(25)26-11-18(23)21-16-6-4-3-5-7-16/h3-10H,11-13H2,1-2H3,(H,21,23)(H,22,24). The summed E-state index contributed by atoms with van der Waals surface area (Å²) in [6.07, 6.45) is 0. The topological polar surface area (TPSA) is 84.5 Å². The minimum absolute atomic E-state index is 0.00107. The predicted octanol–water partition coefficient (Wildman–Crippen LogP) is 3.16. The Kier molecular flexibility index (Phi) is 7.88. The van der Waals surface area contributed by atoms with Gasteiger partial charge in [-0.15, -0.1) is 11.8 Å². The van der Waals surface area contributed by atoms with E-state index in [0.29, 0.717) is 5.69 Å². The first kappa shape index (κ1) is 20.5. The Bertz CT molecular complexity index is 809. The van der Waals surface area contributed by atoms with E-state index in [1.807, 2.05) is 38.1 Å². The molecule has 6 nitrogen and oxygen atoms in total. The number of nitrogens with one attached hydrogen (secondary N) is 2. The summed E-state index contributed by atoms with van der Waals surface area (Å²) in [5.74, 6) is -1.02. The minimum Gasteiger partial charge on any atom is -0.455 e. The molecule has 7 heteroatoms. The normalized spacial score (nSPS) is 10.1. The number of amides is 2. The number of hydrogen-bond acceptors (Lipinski definition) is 5. The molecular formula is C20H22N2O4S. The van der Waals surface area contributed by atoms with Crippen molar-refractivity contribution >= 4 is 40.9 Å². The number of thioether (sulfide) groups is 1. The lowest BCUT2D eigenvalue weighted by atomic mass is 10.1. The SMILES string of the molecule is Cc1ccc(NC(=O)CSCC(=O)OCC(=O)Nc2ccccc2)c(C)c1. The van der Waals surface area contributed by atoms with E-state index in [1.165, 1.54) is 0 Å². The molecule has 2 rings (SSSR count). The molecule has 2 aromatic rings. The van der Waals surface area contributed by atoms with E-state index in [9.17, 15) is 14.4 Å². The van der Waals surface area contributed by atoms with Gasteiger partial charge < -0.3 is 15.4 Å². The van der Waals surface area contributed by atoms with Crippen molar-refractivity contribution in [3.8, 4) is 0 Å². The molecule has 0 aromatic heterocycles. The summed E-state index contributed by atoms with van der Waals surface area (Å²) < 4.78 is 4.90. The number of benzene rings is 2. The summed E-state index contributed by atoms with van der Waals surface area (Å²) in [6, 6.07) is 14.7. The number of anilines is 2. The molecule has 0 bridgehead atoms. The summed E-state index contributed by atoms with van der Waals surface area (Å²) >= 11 is 1.14. The molecule has 0 aliphatic carbocycles. The largest absolute Gasteiger partial charge is 0.455 e. The third-order valence-electron chi connectivity index (χ3n) is 3.53. The molecule has 0 spiro atoms. The van der Waals surface area contributed by atoms with E-state index in [0.717, 1.165) is 28.6 Å². The predicted molar refractivity (Wildman–Crippen MR) is 108 cm³/mol. The Morgan fingerprint density at radius 1 is 0.926 bits per heavy atom. The first-order chi connectivity index (χ1) is 12.9. The molecule has 142 valence electrons. The maximum Gasteiger partial charge on any atom is 0.316 e. The lowest BCUT2D eigenvalue weighted by molar-refractivity contribution is -0.144. The minimum atomic E-state index is -0.539. The molecule has 2 amide bonds. The molecule has 0 saturated heterocycles. The third kappa shape index (κ3) is 7.53. The quantitative estimate of drug-likeness (QED) is 0.681. The van der Waals surface area contributed by atoms with Crippen molar-refractivity contribution < 1.29 is 19.1 Å². The van der Waals surface area contributed by atoms with Crippen LogP contribution in [0.1, 0.15) is 11.1 Å². The van der Waals surface area contributed by atoms with Gasteiger partial charge in [-0.2, -0.15) is 0 Å². The van der Waals surface area contributed by atoms with E-state index in [2.05, 4.69) is 10.6 Å². The maximum atomic E-state index is 12.0. The Morgan fingerprint density at radius 3 is 2.37 bits per heavy atom. The van der Waals surface area contributed by atoms with Crippen LogP contribution >= 0.6 is 11.8 Å². The number of ether oxygens (including phenoxy) is 1. The van der Waals surface area contributed by atoms with Gasteiger partial charge >= 0.3 is 5.97 Å². The van der Waals surface area contributed by atoms with Gasteiger partial charge in [0.25, 0.3) is 5.91 Å². The molecule has 0 aliphatic heterocycles. The monoisotopic (exact) mass is 386 g/mol. The number of esters is 1. The maximum absolute atomic E-state index is 12.0. The van der Waals surface area contributed by atoms with E-state index in [-0.39, 0.29) is 24.0 Å². The van der Waals surface area contributed by atoms with Crippen LogP contribution in [0.2, 0.25) is 0 Å². The van der Waals surface area contributed by atoms with Crippen LogP contribution in [0.5, 0.6) is 0 Å². The van der Waals surface area contributed by atoms with Crippen molar-refractivity contribution in [2.45, 2.75) is 13.8 Å². The first-order valence-electron chi connectivity index (χ1n) is 8.39. The van der Waals surface area contributed by atoms with Crippen molar-refractivity contribution in [3.63, 3.8) is 0 Å². The second kappa shape index (κ2) is 10.4. The summed E-state index contributed by atoms with van der Waals surface area (Å²) in [5.41, 5.74) is 3.50. The highest BCUT2D eigenvalue weighted by atomic mass is 32.2. The molecule has 0 aliphatic rings. The fourth-order valence-corrected chi connectivity index (χ4v) is 2.88. The zero-order valence-corrected chi connectivity index (χ0v) is 16.1. The van der Waals surface area contributed by atoms with Crippen molar-refractivity contribution in [3.05, 3.63) is 59.7 Å². The molecule has 0 atom stereocenters. The number of aryl methyl sites for hydroxylation is 2. The zero-order valence-electron chi connectivity index (χ0n) is 15.3. The highest BCUT2D eigenvalue weighted by Crippen LogP contribution is 2.16. The average Bonchev–Trinajstić information content (AvgIpc) is 2.63. The molecule has 0 fully saturated rings. The van der Waals surface area contributed by atoms with Crippen LogP contribution in [-0.2, 0) is 19.1 Å². The van der Waals surface area contributed by atoms with E-state index < -0.39 is 11.9 Å². The molecular weight excluding hydrogens is 364 g/mol. The van der Waals surface area contributed by atoms with Crippen LogP contribution in [0.25, 0.3) is 0 Å². The molecule has 0 heterocycles. The van der Waals surface area contributed by atoms with E-state index in [4.69, 9.17) is 4.74 Å². The number of rotatable bonds is 8. The van der Waals surface area contributed by atoms with E-state index >= 15 is 0 Å². The number of hydrogen-bond donors (Lipinski definition) is 2. The third-order valence-corrected chi connectivity index (χ3v) is 4.44. The summed E-state index contributed by atoms with van der Waals surface area (Å²) in [6.45, 7) is 3.55. The van der Waals surface area contributed by atoms with Crippen LogP contribution in [0.4, 0.5) is 11.4 Å². The van der Waals surface area contributed by atoms with Gasteiger partial charge in [0, 0.05) is 11.4 Å². The van der Waals surface area contributed by atoms with Crippen LogP contribution in [0, 0.1) is 13.8 Å². The fourth-order valence-electron chi connectivity index (χ4n) is 2.27. The van der Waals surface area contributed by atoms with Gasteiger partial charge in [-0.05, 0) is 37.6 Å². The summed E-state index contributed by atoms with van der Waals surface area (Å²) in [7, 11) is 0. The number of para-hydroxylation sites is 1. The lowest BCUT2D eigenvalue weighted by Gasteiger charge is -2.09. The second-order valence-electron chi connectivity index (χ2n) is 5.93. The van der Waals surface area contributed by atoms with Gasteiger partial charge in [0.2, 0.25) is 5.91 Å². The van der Waals surface area contributed by atoms with Crippen LogP contribution in [0.15, 0.2) is 48.5 Å². The Balaban J connectivity index is 1.63. The van der Waals surface area contributed by atoms with Crippen molar-refractivity contribution in [1.29, 1.82) is 0 Å². The highest BCUT2D eigenvalue weighted by Gasteiger charge is 2.10. The van der Waals surface area contributed by atoms with Crippen molar-refractivity contribution in [2.75, 3.05) is 28.7 Å².